The Morgan fingerprint density at radius 3 is 2.65 bits per heavy atom. The number of nitrogens with zero attached hydrogens (tertiary/aromatic N) is 2. The van der Waals surface area contributed by atoms with Crippen LogP contribution in [0.1, 0.15) is 24.2 Å². The number of aliphatic hydroxyl groups is 1. The van der Waals surface area contributed by atoms with Crippen molar-refractivity contribution >= 4 is 5.91 Å². The van der Waals surface area contributed by atoms with Crippen molar-refractivity contribution in [1.82, 2.24) is 9.80 Å². The van der Waals surface area contributed by atoms with E-state index >= 15 is 0 Å². The Bertz CT molecular complexity index is 639. The molecule has 1 fully saturated rings. The lowest BCUT2D eigenvalue weighted by molar-refractivity contribution is -0.0605. The summed E-state index contributed by atoms with van der Waals surface area (Å²) in [6.07, 6.45) is -0.667. The number of benzene rings is 1. The van der Waals surface area contributed by atoms with Gasteiger partial charge in [0.2, 0.25) is 0 Å². The van der Waals surface area contributed by atoms with Crippen molar-refractivity contribution in [3.05, 3.63) is 29.8 Å². The Balaban J connectivity index is 1.91. The summed E-state index contributed by atoms with van der Waals surface area (Å²) in [5.41, 5.74) is 0.599. The van der Waals surface area contributed by atoms with Gasteiger partial charge in [-0.15, -0.1) is 0 Å². The normalized spacial score (nSPS) is 18.2. The van der Waals surface area contributed by atoms with Crippen LogP contribution in [0.3, 0.4) is 0 Å². The van der Waals surface area contributed by atoms with E-state index in [-0.39, 0.29) is 12.0 Å². The van der Waals surface area contributed by atoms with E-state index in [1.54, 1.807) is 43.4 Å². The second-order valence-corrected chi connectivity index (χ2v) is 8.31. The number of hydrogen-bond donors (Lipinski definition) is 1. The minimum absolute atomic E-state index is 0.0671. The van der Waals surface area contributed by atoms with Gasteiger partial charge in [0.25, 0.3) is 5.91 Å². The smallest absolute Gasteiger partial charge is 0.254 e. The number of morpholine rings is 1. The molecule has 0 unspecified atom stereocenters. The SMILES string of the molecule is COCCN(C[C@H]1CN(C[C@@H](O)COCC(C)C)CCO1)C(=O)c1ccc(OC)cc1. The Labute approximate surface area is 186 Å². The number of methoxy groups -OCH3 is 2. The monoisotopic (exact) mass is 438 g/mol. The first-order valence-corrected chi connectivity index (χ1v) is 10.9. The third kappa shape index (κ3) is 9.13. The molecule has 176 valence electrons. The van der Waals surface area contributed by atoms with Crippen LogP contribution in [0, 0.1) is 5.92 Å². The molecule has 0 saturated carbocycles. The maximum absolute atomic E-state index is 13.1. The number of rotatable bonds is 13. The second kappa shape index (κ2) is 13.6. The molecule has 1 heterocycles. The summed E-state index contributed by atoms with van der Waals surface area (Å²) >= 11 is 0. The Morgan fingerprint density at radius 2 is 2.00 bits per heavy atom. The topological polar surface area (TPSA) is 80.7 Å². The van der Waals surface area contributed by atoms with Crippen molar-refractivity contribution in [1.29, 1.82) is 0 Å². The van der Waals surface area contributed by atoms with E-state index in [0.29, 0.717) is 69.8 Å². The summed E-state index contributed by atoms with van der Waals surface area (Å²) in [5.74, 6) is 1.09. The standard InChI is InChI=1S/C23H38N2O6/c1-18(2)16-30-17-20(26)13-24-9-12-31-22(14-24)15-25(10-11-28-3)23(27)19-5-7-21(29-4)8-6-19/h5-8,18,20,22,26H,9-17H2,1-4H3/t20-,22-/m1/s1. The fraction of sp³-hybridized carbons (Fsp3) is 0.696. The van der Waals surface area contributed by atoms with Gasteiger partial charge in [-0.1, -0.05) is 13.8 Å². The molecule has 1 amide bonds. The summed E-state index contributed by atoms with van der Waals surface area (Å²) in [6, 6.07) is 7.09. The highest BCUT2D eigenvalue weighted by Gasteiger charge is 2.26. The predicted octanol–water partition coefficient (Wildman–Crippen LogP) is 1.52. The molecule has 0 aromatic heterocycles. The molecule has 8 heteroatoms. The largest absolute Gasteiger partial charge is 0.497 e. The zero-order chi connectivity index (χ0) is 22.6. The molecule has 8 nitrogen and oxygen atoms in total. The van der Waals surface area contributed by atoms with Crippen molar-refractivity contribution in [2.45, 2.75) is 26.1 Å². The molecule has 1 saturated heterocycles. The zero-order valence-corrected chi connectivity index (χ0v) is 19.3. The lowest BCUT2D eigenvalue weighted by Crippen LogP contribution is -2.51. The van der Waals surface area contributed by atoms with E-state index in [9.17, 15) is 9.90 Å². The Morgan fingerprint density at radius 1 is 1.26 bits per heavy atom. The van der Waals surface area contributed by atoms with E-state index in [1.807, 2.05) is 0 Å². The number of aliphatic hydroxyl groups excluding tert-OH is 1. The van der Waals surface area contributed by atoms with Crippen molar-refractivity contribution in [3.8, 4) is 5.75 Å². The summed E-state index contributed by atoms with van der Waals surface area (Å²) in [6.45, 7) is 9.04. The van der Waals surface area contributed by atoms with Crippen LogP contribution in [-0.4, -0.2) is 106 Å². The fourth-order valence-electron chi connectivity index (χ4n) is 3.49. The highest BCUT2D eigenvalue weighted by molar-refractivity contribution is 5.94. The number of amides is 1. The molecule has 0 spiro atoms. The molecule has 0 aliphatic carbocycles. The summed E-state index contributed by atoms with van der Waals surface area (Å²) in [4.78, 5) is 17.0. The molecule has 1 aromatic rings. The van der Waals surface area contributed by atoms with Crippen LogP contribution in [0.4, 0.5) is 0 Å². The quantitative estimate of drug-likeness (QED) is 0.500. The zero-order valence-electron chi connectivity index (χ0n) is 19.3. The van der Waals surface area contributed by atoms with Crippen LogP contribution in [0.2, 0.25) is 0 Å². The molecular weight excluding hydrogens is 400 g/mol. The first-order chi connectivity index (χ1) is 14.9. The molecule has 0 radical (unpaired) electrons. The van der Waals surface area contributed by atoms with Crippen molar-refractivity contribution in [3.63, 3.8) is 0 Å². The minimum atomic E-state index is -0.539. The third-order valence-electron chi connectivity index (χ3n) is 5.07. The lowest BCUT2D eigenvalue weighted by atomic mass is 10.1. The van der Waals surface area contributed by atoms with E-state index < -0.39 is 6.10 Å². The molecule has 1 aliphatic rings. The summed E-state index contributed by atoms with van der Waals surface area (Å²) in [5, 5.41) is 10.3. The maximum Gasteiger partial charge on any atom is 0.254 e. The predicted molar refractivity (Wildman–Crippen MR) is 119 cm³/mol. The molecular formula is C23H38N2O6. The number of hydrogen-bond acceptors (Lipinski definition) is 7. The first-order valence-electron chi connectivity index (χ1n) is 10.9. The number of carbonyl (C=O) groups excluding carboxylic acids is 1. The molecule has 2 atom stereocenters. The number of carbonyl (C=O) groups is 1. The molecule has 0 bridgehead atoms. The van der Waals surface area contributed by atoms with Crippen LogP contribution in [0.15, 0.2) is 24.3 Å². The van der Waals surface area contributed by atoms with Crippen LogP contribution >= 0.6 is 0 Å². The van der Waals surface area contributed by atoms with Gasteiger partial charge in [0.05, 0.1) is 39.1 Å². The molecule has 31 heavy (non-hydrogen) atoms. The summed E-state index contributed by atoms with van der Waals surface area (Å²) < 4.78 is 21.8. The van der Waals surface area contributed by atoms with Crippen molar-refractivity contribution in [2.75, 3.05) is 73.4 Å². The van der Waals surface area contributed by atoms with Gasteiger partial charge in [-0.25, -0.2) is 0 Å². The van der Waals surface area contributed by atoms with E-state index in [1.165, 1.54) is 0 Å². The van der Waals surface area contributed by atoms with Gasteiger partial charge in [0, 0.05) is 52.0 Å². The van der Waals surface area contributed by atoms with Crippen molar-refractivity contribution < 1.29 is 28.8 Å². The number of ether oxygens (including phenoxy) is 4. The molecule has 1 aliphatic heterocycles. The van der Waals surface area contributed by atoms with Crippen LogP contribution in [-0.2, 0) is 14.2 Å². The Hall–Kier alpha value is -1.71. The molecule has 1 N–H and O–H groups in total. The van der Waals surface area contributed by atoms with Crippen LogP contribution < -0.4 is 4.74 Å². The van der Waals surface area contributed by atoms with Gasteiger partial charge in [0.1, 0.15) is 5.75 Å². The Kier molecular flexibility index (Phi) is 11.2. The lowest BCUT2D eigenvalue weighted by Gasteiger charge is -2.36. The highest BCUT2D eigenvalue weighted by atomic mass is 16.5. The second-order valence-electron chi connectivity index (χ2n) is 8.31. The van der Waals surface area contributed by atoms with E-state index in [0.717, 1.165) is 6.54 Å². The number of β-amino-alcohol motifs (C(OH)–C–C–N with tert-alkyl or cyclic N) is 1. The van der Waals surface area contributed by atoms with Gasteiger partial charge in [-0.3, -0.25) is 9.69 Å². The van der Waals surface area contributed by atoms with Gasteiger partial charge >= 0.3 is 0 Å². The third-order valence-corrected chi connectivity index (χ3v) is 5.07. The van der Waals surface area contributed by atoms with Crippen molar-refractivity contribution in [2.24, 2.45) is 5.92 Å². The van der Waals surface area contributed by atoms with E-state index in [2.05, 4.69) is 18.7 Å². The van der Waals surface area contributed by atoms with Gasteiger partial charge in [0.15, 0.2) is 0 Å². The van der Waals surface area contributed by atoms with Gasteiger partial charge in [-0.05, 0) is 30.2 Å². The average molecular weight is 439 g/mol. The molecule has 1 aromatic carbocycles. The van der Waals surface area contributed by atoms with Gasteiger partial charge < -0.3 is 29.0 Å². The van der Waals surface area contributed by atoms with Crippen LogP contribution in [0.25, 0.3) is 0 Å². The van der Waals surface area contributed by atoms with Crippen LogP contribution in [0.5, 0.6) is 5.75 Å². The molecule has 2 rings (SSSR count). The minimum Gasteiger partial charge on any atom is -0.497 e. The van der Waals surface area contributed by atoms with Gasteiger partial charge in [-0.2, -0.15) is 0 Å². The maximum atomic E-state index is 13.1. The fourth-order valence-corrected chi connectivity index (χ4v) is 3.49. The average Bonchev–Trinajstić information content (AvgIpc) is 2.76. The first kappa shape index (κ1) is 25.5. The van der Waals surface area contributed by atoms with E-state index in [4.69, 9.17) is 18.9 Å². The highest BCUT2D eigenvalue weighted by Crippen LogP contribution is 2.15. The summed E-state index contributed by atoms with van der Waals surface area (Å²) in [7, 11) is 3.22.